The predicted octanol–water partition coefficient (Wildman–Crippen LogP) is 4.28. The molecule has 2 aromatic rings. The van der Waals surface area contributed by atoms with Gasteiger partial charge in [-0.1, -0.05) is 15.9 Å². The Bertz CT molecular complexity index is 635. The van der Waals surface area contributed by atoms with E-state index >= 15 is 0 Å². The van der Waals surface area contributed by atoms with Crippen LogP contribution in [0.25, 0.3) is 0 Å². The summed E-state index contributed by atoms with van der Waals surface area (Å²) in [5, 5.41) is 2.15. The van der Waals surface area contributed by atoms with E-state index in [1.165, 1.54) is 10.4 Å². The second-order valence-corrected chi connectivity index (χ2v) is 6.67. The second-order valence-electron chi connectivity index (χ2n) is 4.76. The van der Waals surface area contributed by atoms with E-state index in [4.69, 9.17) is 0 Å². The number of thiophene rings is 1. The standard InChI is InChI=1S/C15H14BrNOS/c1-10(18)13-8-12(16)2-3-14(13)17-6-4-15-11(9-17)5-7-19-15/h2-3,5,7-8H,4,6,9H2,1H3. The highest BCUT2D eigenvalue weighted by atomic mass is 79.9. The highest BCUT2D eigenvalue weighted by Crippen LogP contribution is 2.31. The van der Waals surface area contributed by atoms with E-state index in [0.717, 1.165) is 35.2 Å². The molecular weight excluding hydrogens is 322 g/mol. The van der Waals surface area contributed by atoms with Gasteiger partial charge in [-0.25, -0.2) is 0 Å². The van der Waals surface area contributed by atoms with Crippen molar-refractivity contribution in [3.05, 3.63) is 50.1 Å². The van der Waals surface area contributed by atoms with Gasteiger partial charge in [-0.05, 0) is 48.6 Å². The molecule has 1 aromatic heterocycles. The quantitative estimate of drug-likeness (QED) is 0.763. The van der Waals surface area contributed by atoms with Crippen molar-refractivity contribution in [1.82, 2.24) is 0 Å². The Hall–Kier alpha value is -1.13. The summed E-state index contributed by atoms with van der Waals surface area (Å²) in [7, 11) is 0. The minimum absolute atomic E-state index is 0.118. The second kappa shape index (κ2) is 5.10. The molecule has 1 aromatic carbocycles. The number of anilines is 1. The van der Waals surface area contributed by atoms with Crippen LogP contribution in [0.5, 0.6) is 0 Å². The van der Waals surface area contributed by atoms with Crippen LogP contribution < -0.4 is 4.90 Å². The average Bonchev–Trinajstić information content (AvgIpc) is 2.85. The molecule has 0 radical (unpaired) electrons. The van der Waals surface area contributed by atoms with E-state index in [-0.39, 0.29) is 5.78 Å². The van der Waals surface area contributed by atoms with Crippen LogP contribution >= 0.6 is 27.3 Å². The first kappa shape index (κ1) is 12.9. The molecule has 0 amide bonds. The number of hydrogen-bond acceptors (Lipinski definition) is 3. The smallest absolute Gasteiger partial charge is 0.161 e. The highest BCUT2D eigenvalue weighted by Gasteiger charge is 2.20. The fourth-order valence-corrected chi connectivity index (χ4v) is 3.77. The van der Waals surface area contributed by atoms with E-state index in [1.807, 2.05) is 29.5 Å². The number of ketones is 1. The number of hydrogen-bond donors (Lipinski definition) is 0. The lowest BCUT2D eigenvalue weighted by molar-refractivity contribution is 0.101. The predicted molar refractivity (Wildman–Crippen MR) is 83.2 cm³/mol. The lowest BCUT2D eigenvalue weighted by atomic mass is 10.0. The maximum absolute atomic E-state index is 11.8. The summed E-state index contributed by atoms with van der Waals surface area (Å²) in [5.41, 5.74) is 3.24. The molecule has 1 aliphatic heterocycles. The van der Waals surface area contributed by atoms with E-state index in [9.17, 15) is 4.79 Å². The Kier molecular flexibility index (Phi) is 3.46. The van der Waals surface area contributed by atoms with Gasteiger partial charge in [0.2, 0.25) is 0 Å². The molecule has 0 saturated carbocycles. The van der Waals surface area contributed by atoms with Crippen LogP contribution in [0.3, 0.4) is 0 Å². The number of rotatable bonds is 2. The van der Waals surface area contributed by atoms with E-state index in [1.54, 1.807) is 6.92 Å². The Morgan fingerprint density at radius 1 is 1.37 bits per heavy atom. The molecule has 2 nitrogen and oxygen atoms in total. The Morgan fingerprint density at radius 2 is 2.21 bits per heavy atom. The van der Waals surface area contributed by atoms with Gasteiger partial charge in [-0.3, -0.25) is 4.79 Å². The molecular formula is C15H14BrNOS. The van der Waals surface area contributed by atoms with Crippen molar-refractivity contribution in [3.63, 3.8) is 0 Å². The van der Waals surface area contributed by atoms with Crippen molar-refractivity contribution in [1.29, 1.82) is 0 Å². The molecule has 0 bridgehead atoms. The lowest BCUT2D eigenvalue weighted by Crippen LogP contribution is -2.30. The number of carbonyl (C=O) groups is 1. The number of nitrogens with zero attached hydrogens (tertiary/aromatic N) is 1. The van der Waals surface area contributed by atoms with E-state index in [0.29, 0.717) is 0 Å². The fraction of sp³-hybridized carbons (Fsp3) is 0.267. The molecule has 0 aliphatic carbocycles. The Balaban J connectivity index is 1.98. The molecule has 0 spiro atoms. The molecule has 0 N–H and O–H groups in total. The zero-order valence-corrected chi connectivity index (χ0v) is 13.1. The molecule has 4 heteroatoms. The molecule has 19 heavy (non-hydrogen) atoms. The minimum atomic E-state index is 0.118. The van der Waals surface area contributed by atoms with Crippen molar-refractivity contribution in [2.24, 2.45) is 0 Å². The fourth-order valence-electron chi connectivity index (χ4n) is 2.52. The van der Waals surface area contributed by atoms with Crippen molar-refractivity contribution in [3.8, 4) is 0 Å². The van der Waals surface area contributed by atoms with Gasteiger partial charge in [0.05, 0.1) is 0 Å². The van der Waals surface area contributed by atoms with Crippen LogP contribution in [-0.2, 0) is 13.0 Å². The summed E-state index contributed by atoms with van der Waals surface area (Å²) >= 11 is 5.27. The first-order chi connectivity index (χ1) is 9.15. The van der Waals surface area contributed by atoms with E-state index < -0.39 is 0 Å². The summed E-state index contributed by atoms with van der Waals surface area (Å²) in [6.07, 6.45) is 1.07. The number of fused-ring (bicyclic) bond motifs is 1. The molecule has 1 aliphatic rings. The van der Waals surface area contributed by atoms with Crippen LogP contribution in [0.15, 0.2) is 34.1 Å². The maximum Gasteiger partial charge on any atom is 0.161 e. The van der Waals surface area contributed by atoms with Crippen LogP contribution in [0.1, 0.15) is 27.7 Å². The van der Waals surface area contributed by atoms with Gasteiger partial charge in [-0.2, -0.15) is 0 Å². The molecule has 2 heterocycles. The highest BCUT2D eigenvalue weighted by molar-refractivity contribution is 9.10. The first-order valence-electron chi connectivity index (χ1n) is 6.26. The van der Waals surface area contributed by atoms with E-state index in [2.05, 4.69) is 32.3 Å². The molecule has 0 unspecified atom stereocenters. The summed E-state index contributed by atoms with van der Waals surface area (Å²) in [5.74, 6) is 0.118. The summed E-state index contributed by atoms with van der Waals surface area (Å²) in [6, 6.07) is 8.16. The largest absolute Gasteiger partial charge is 0.366 e. The van der Waals surface area contributed by atoms with Gasteiger partial charge < -0.3 is 4.90 Å². The molecule has 0 saturated heterocycles. The third-order valence-electron chi connectivity index (χ3n) is 3.49. The van der Waals surface area contributed by atoms with Gasteiger partial charge in [0.15, 0.2) is 5.78 Å². The topological polar surface area (TPSA) is 20.3 Å². The molecule has 0 atom stereocenters. The summed E-state index contributed by atoms with van der Waals surface area (Å²) in [4.78, 5) is 15.6. The number of halogens is 1. The zero-order chi connectivity index (χ0) is 13.4. The van der Waals surface area contributed by atoms with Crippen LogP contribution in [-0.4, -0.2) is 12.3 Å². The van der Waals surface area contributed by atoms with Gasteiger partial charge in [0, 0.05) is 33.7 Å². The first-order valence-corrected chi connectivity index (χ1v) is 7.93. The molecule has 98 valence electrons. The maximum atomic E-state index is 11.8. The van der Waals surface area contributed by atoms with Gasteiger partial charge >= 0.3 is 0 Å². The molecule has 0 fully saturated rings. The molecule has 3 rings (SSSR count). The minimum Gasteiger partial charge on any atom is -0.366 e. The summed E-state index contributed by atoms with van der Waals surface area (Å²) in [6.45, 7) is 3.52. The normalized spacial score (nSPS) is 14.3. The van der Waals surface area contributed by atoms with Crippen LogP contribution in [0.4, 0.5) is 5.69 Å². The van der Waals surface area contributed by atoms with Crippen LogP contribution in [0, 0.1) is 0 Å². The number of benzene rings is 1. The van der Waals surface area contributed by atoms with Crippen LogP contribution in [0.2, 0.25) is 0 Å². The third kappa shape index (κ3) is 2.47. The number of carbonyl (C=O) groups excluding carboxylic acids is 1. The summed E-state index contributed by atoms with van der Waals surface area (Å²) < 4.78 is 0.953. The van der Waals surface area contributed by atoms with Crippen molar-refractivity contribution in [2.75, 3.05) is 11.4 Å². The number of Topliss-reactive ketones (excluding diaryl/α,β-unsaturated/α-hetero) is 1. The van der Waals surface area contributed by atoms with Gasteiger partial charge in [0.25, 0.3) is 0 Å². The van der Waals surface area contributed by atoms with Gasteiger partial charge in [0.1, 0.15) is 0 Å². The monoisotopic (exact) mass is 335 g/mol. The lowest BCUT2D eigenvalue weighted by Gasteiger charge is -2.30. The third-order valence-corrected chi connectivity index (χ3v) is 5.00. The SMILES string of the molecule is CC(=O)c1cc(Br)ccc1N1CCc2sccc2C1. The van der Waals surface area contributed by atoms with Crippen molar-refractivity contribution >= 4 is 38.7 Å². The van der Waals surface area contributed by atoms with Crippen molar-refractivity contribution in [2.45, 2.75) is 19.9 Å². The zero-order valence-electron chi connectivity index (χ0n) is 10.6. The van der Waals surface area contributed by atoms with Crippen molar-refractivity contribution < 1.29 is 4.79 Å². The average molecular weight is 336 g/mol. The Labute approximate surface area is 125 Å². The Morgan fingerprint density at radius 3 is 3.00 bits per heavy atom. The van der Waals surface area contributed by atoms with Gasteiger partial charge in [-0.15, -0.1) is 11.3 Å².